The van der Waals surface area contributed by atoms with E-state index in [1.807, 2.05) is 0 Å². The lowest BCUT2D eigenvalue weighted by molar-refractivity contribution is 0.326. The van der Waals surface area contributed by atoms with Gasteiger partial charge in [-0.3, -0.25) is 0 Å². The van der Waals surface area contributed by atoms with Gasteiger partial charge in [-0.2, -0.15) is 4.31 Å². The predicted octanol–water partition coefficient (Wildman–Crippen LogP) is 0.885. The highest BCUT2D eigenvalue weighted by atomic mass is 32.2. The summed E-state index contributed by atoms with van der Waals surface area (Å²) in [5.74, 6) is 0. The molecule has 0 aliphatic carbocycles. The first-order valence-electron chi connectivity index (χ1n) is 5.22. The molecule has 0 saturated carbocycles. The van der Waals surface area contributed by atoms with Gasteiger partial charge < -0.3 is 5.73 Å². The minimum absolute atomic E-state index is 0.315. The molecule has 1 unspecified atom stereocenters. The number of hydrogen-bond acceptors (Lipinski definition) is 3. The topological polar surface area (TPSA) is 63.4 Å². The van der Waals surface area contributed by atoms with Crippen LogP contribution in [0.15, 0.2) is 0 Å². The van der Waals surface area contributed by atoms with Crippen molar-refractivity contribution in [1.82, 2.24) is 4.31 Å². The number of nitrogens with zero attached hydrogens (tertiary/aromatic N) is 1. The standard InChI is InChI=1S/C9H20N2O2S/c1-8(2)14(12,13)11-7-5-3-4-6-9(11)10/h8-9H,3-7,10H2,1-2H3. The Morgan fingerprint density at radius 2 is 1.93 bits per heavy atom. The van der Waals surface area contributed by atoms with Gasteiger partial charge in [-0.1, -0.05) is 12.8 Å². The van der Waals surface area contributed by atoms with Crippen LogP contribution in [0, 0.1) is 0 Å². The van der Waals surface area contributed by atoms with Gasteiger partial charge in [0.05, 0.1) is 11.4 Å². The van der Waals surface area contributed by atoms with E-state index in [1.165, 1.54) is 4.31 Å². The summed E-state index contributed by atoms with van der Waals surface area (Å²) in [7, 11) is -3.16. The van der Waals surface area contributed by atoms with Gasteiger partial charge in [0, 0.05) is 6.54 Å². The van der Waals surface area contributed by atoms with Gasteiger partial charge in [0.2, 0.25) is 10.0 Å². The van der Waals surface area contributed by atoms with Gasteiger partial charge in [-0.15, -0.1) is 0 Å². The monoisotopic (exact) mass is 220 g/mol. The van der Waals surface area contributed by atoms with E-state index in [2.05, 4.69) is 0 Å². The molecule has 4 nitrogen and oxygen atoms in total. The lowest BCUT2D eigenvalue weighted by atomic mass is 10.2. The minimum atomic E-state index is -3.16. The van der Waals surface area contributed by atoms with Crippen molar-refractivity contribution < 1.29 is 8.42 Å². The van der Waals surface area contributed by atoms with Crippen LogP contribution in [0.3, 0.4) is 0 Å². The fraction of sp³-hybridized carbons (Fsp3) is 1.00. The Balaban J connectivity index is 2.83. The van der Waals surface area contributed by atoms with E-state index in [1.54, 1.807) is 13.8 Å². The number of rotatable bonds is 2. The van der Waals surface area contributed by atoms with Crippen molar-refractivity contribution in [3.05, 3.63) is 0 Å². The van der Waals surface area contributed by atoms with Gasteiger partial charge in [0.15, 0.2) is 0 Å². The molecule has 0 aromatic heterocycles. The highest BCUT2D eigenvalue weighted by Crippen LogP contribution is 2.19. The first kappa shape index (κ1) is 11.9. The molecule has 1 rings (SSSR count). The minimum Gasteiger partial charge on any atom is -0.315 e. The van der Waals surface area contributed by atoms with E-state index in [0.29, 0.717) is 6.54 Å². The average molecular weight is 220 g/mol. The molecule has 0 radical (unpaired) electrons. The molecule has 1 aliphatic rings. The molecule has 0 aromatic rings. The molecule has 1 heterocycles. The average Bonchev–Trinajstić information content (AvgIpc) is 2.29. The van der Waals surface area contributed by atoms with Gasteiger partial charge in [0.25, 0.3) is 0 Å². The van der Waals surface area contributed by atoms with Crippen molar-refractivity contribution in [3.8, 4) is 0 Å². The van der Waals surface area contributed by atoms with Crippen molar-refractivity contribution in [1.29, 1.82) is 0 Å². The van der Waals surface area contributed by atoms with E-state index in [9.17, 15) is 8.42 Å². The molecule has 0 aromatic carbocycles. The first-order chi connectivity index (χ1) is 6.46. The summed E-state index contributed by atoms with van der Waals surface area (Å²) < 4.78 is 25.3. The van der Waals surface area contributed by atoms with Crippen LogP contribution in [0.1, 0.15) is 39.5 Å². The van der Waals surface area contributed by atoms with Crippen LogP contribution >= 0.6 is 0 Å². The van der Waals surface area contributed by atoms with E-state index in [4.69, 9.17) is 5.73 Å². The number of sulfonamides is 1. The largest absolute Gasteiger partial charge is 0.315 e. The lowest BCUT2D eigenvalue weighted by Crippen LogP contribution is -2.47. The third kappa shape index (κ3) is 2.46. The number of nitrogens with two attached hydrogens (primary N) is 1. The lowest BCUT2D eigenvalue weighted by Gasteiger charge is -2.27. The zero-order valence-electron chi connectivity index (χ0n) is 8.94. The van der Waals surface area contributed by atoms with Crippen LogP contribution in [-0.4, -0.2) is 30.7 Å². The van der Waals surface area contributed by atoms with E-state index in [0.717, 1.165) is 25.7 Å². The van der Waals surface area contributed by atoms with Gasteiger partial charge in [0.1, 0.15) is 0 Å². The second kappa shape index (κ2) is 4.59. The fourth-order valence-electron chi connectivity index (χ4n) is 1.69. The van der Waals surface area contributed by atoms with Crippen molar-refractivity contribution in [2.24, 2.45) is 5.73 Å². The summed E-state index contributed by atoms with van der Waals surface area (Å²) in [6.07, 6.45) is 3.51. The maximum Gasteiger partial charge on any atom is 0.217 e. The van der Waals surface area contributed by atoms with E-state index in [-0.39, 0.29) is 11.4 Å². The molecular weight excluding hydrogens is 200 g/mol. The summed E-state index contributed by atoms with van der Waals surface area (Å²) in [6.45, 7) is 3.99. The summed E-state index contributed by atoms with van der Waals surface area (Å²) >= 11 is 0. The normalized spacial score (nSPS) is 26.4. The van der Waals surface area contributed by atoms with Gasteiger partial charge >= 0.3 is 0 Å². The molecule has 1 aliphatic heterocycles. The molecule has 1 saturated heterocycles. The van der Waals surface area contributed by atoms with Crippen molar-refractivity contribution in [2.45, 2.75) is 50.9 Å². The summed E-state index contributed by atoms with van der Waals surface area (Å²) in [5.41, 5.74) is 5.85. The Bertz CT molecular complexity index is 275. The Morgan fingerprint density at radius 1 is 1.29 bits per heavy atom. The molecule has 84 valence electrons. The Morgan fingerprint density at radius 3 is 2.50 bits per heavy atom. The fourth-order valence-corrected chi connectivity index (χ4v) is 3.10. The molecule has 1 fully saturated rings. The van der Waals surface area contributed by atoms with E-state index >= 15 is 0 Å². The Labute approximate surface area is 86.5 Å². The van der Waals surface area contributed by atoms with Crippen molar-refractivity contribution in [2.75, 3.05) is 6.54 Å². The third-order valence-electron chi connectivity index (χ3n) is 2.67. The molecule has 0 spiro atoms. The van der Waals surface area contributed by atoms with E-state index < -0.39 is 10.0 Å². The smallest absolute Gasteiger partial charge is 0.217 e. The maximum absolute atomic E-state index is 11.9. The SMILES string of the molecule is CC(C)S(=O)(=O)N1CCCCCC1N. The molecule has 1 atom stereocenters. The third-order valence-corrected chi connectivity index (χ3v) is 4.97. The molecule has 5 heteroatoms. The van der Waals surface area contributed by atoms with Crippen LogP contribution in [0.25, 0.3) is 0 Å². The van der Waals surface area contributed by atoms with Crippen LogP contribution in [-0.2, 0) is 10.0 Å². The maximum atomic E-state index is 11.9. The summed E-state index contributed by atoms with van der Waals surface area (Å²) in [5, 5.41) is -0.369. The van der Waals surface area contributed by atoms with Crippen LogP contribution in [0.2, 0.25) is 0 Å². The summed E-state index contributed by atoms with van der Waals surface area (Å²) in [4.78, 5) is 0. The van der Waals surface area contributed by atoms with Crippen LogP contribution in [0.4, 0.5) is 0 Å². The molecule has 0 bridgehead atoms. The first-order valence-corrected chi connectivity index (χ1v) is 6.73. The highest BCUT2D eigenvalue weighted by molar-refractivity contribution is 7.89. The van der Waals surface area contributed by atoms with Gasteiger partial charge in [-0.05, 0) is 26.7 Å². The summed E-state index contributed by atoms with van der Waals surface area (Å²) in [6, 6.07) is 0. The zero-order chi connectivity index (χ0) is 10.8. The van der Waals surface area contributed by atoms with Gasteiger partial charge in [-0.25, -0.2) is 8.42 Å². The molecule has 0 amide bonds. The second-order valence-electron chi connectivity index (χ2n) is 4.12. The number of hydrogen-bond donors (Lipinski definition) is 1. The second-order valence-corrected chi connectivity index (χ2v) is 6.56. The highest BCUT2D eigenvalue weighted by Gasteiger charge is 2.30. The zero-order valence-corrected chi connectivity index (χ0v) is 9.76. The van der Waals surface area contributed by atoms with Crippen molar-refractivity contribution >= 4 is 10.0 Å². The Hall–Kier alpha value is -0.130. The molecule has 14 heavy (non-hydrogen) atoms. The predicted molar refractivity (Wildman–Crippen MR) is 57.2 cm³/mol. The molecule has 2 N–H and O–H groups in total. The Kier molecular flexibility index (Phi) is 3.92. The van der Waals surface area contributed by atoms with Crippen LogP contribution in [0.5, 0.6) is 0 Å². The van der Waals surface area contributed by atoms with Crippen LogP contribution < -0.4 is 5.73 Å². The quantitative estimate of drug-likeness (QED) is 0.751. The molecular formula is C9H20N2O2S. The van der Waals surface area contributed by atoms with Crippen molar-refractivity contribution in [3.63, 3.8) is 0 Å².